The molecule has 0 bridgehead atoms. The smallest absolute Gasteiger partial charge is 0.328 e. The molecule has 3 heterocycles. The topological polar surface area (TPSA) is 141 Å². The third-order valence-corrected chi connectivity index (χ3v) is 5.17. The van der Waals surface area contributed by atoms with Gasteiger partial charge in [0.15, 0.2) is 6.29 Å². The van der Waals surface area contributed by atoms with Gasteiger partial charge in [0.2, 0.25) is 5.91 Å². The number of carbonyl (C=O) groups excluding carboxylic acids is 3. The van der Waals surface area contributed by atoms with Gasteiger partial charge >= 0.3 is 6.03 Å². The summed E-state index contributed by atoms with van der Waals surface area (Å²) in [6.07, 6.45) is 3.29. The molecule has 1 aliphatic heterocycles. The minimum atomic E-state index is -0.526. The number of nitriles is 1. The number of urea groups is 1. The number of methoxy groups -OCH3 is 1. The Bertz CT molecular complexity index is 1080. The molecule has 3 rings (SSSR count). The van der Waals surface area contributed by atoms with Crippen LogP contribution in [-0.4, -0.2) is 66.9 Å². The lowest BCUT2D eigenvalue weighted by Gasteiger charge is -2.20. The van der Waals surface area contributed by atoms with Crippen molar-refractivity contribution in [2.45, 2.75) is 19.4 Å². The lowest BCUT2D eigenvalue weighted by Crippen LogP contribution is -2.32. The van der Waals surface area contributed by atoms with Crippen LogP contribution in [0.1, 0.15) is 34.5 Å². The Balaban J connectivity index is 1.71. The number of likely N-dealkylation sites (tertiary alicyclic amines) is 1. The third kappa shape index (κ3) is 5.81. The normalized spacial score (nSPS) is 12.9. The highest BCUT2D eigenvalue weighted by Crippen LogP contribution is 2.21. The minimum absolute atomic E-state index is 0.0541. The number of ether oxygens (including phenoxy) is 1. The van der Waals surface area contributed by atoms with Gasteiger partial charge < -0.3 is 15.0 Å². The molecule has 1 saturated heterocycles. The fourth-order valence-electron chi connectivity index (χ4n) is 3.34. The number of hydrogen-bond donors (Lipinski definition) is 2. The first-order valence-electron chi connectivity index (χ1n) is 10.4. The highest BCUT2D eigenvalue weighted by molar-refractivity contribution is 6.00. The SMILES string of the molecule is COCCNc1cc(NC(=O)N(C)c2ccc(CN3CCCC3=O)c(C=O)n2)ncc1C#N. The maximum Gasteiger partial charge on any atom is 0.328 e. The minimum Gasteiger partial charge on any atom is -0.383 e. The molecule has 0 aliphatic carbocycles. The van der Waals surface area contributed by atoms with Crippen molar-refractivity contribution in [1.29, 1.82) is 5.26 Å². The van der Waals surface area contributed by atoms with Crippen molar-refractivity contribution in [3.05, 3.63) is 41.2 Å². The van der Waals surface area contributed by atoms with Crippen molar-refractivity contribution >= 4 is 35.5 Å². The van der Waals surface area contributed by atoms with Crippen LogP contribution < -0.4 is 15.5 Å². The van der Waals surface area contributed by atoms with E-state index in [0.717, 1.165) is 6.42 Å². The van der Waals surface area contributed by atoms with Crippen LogP contribution in [0.3, 0.4) is 0 Å². The van der Waals surface area contributed by atoms with E-state index < -0.39 is 6.03 Å². The quantitative estimate of drug-likeness (QED) is 0.436. The van der Waals surface area contributed by atoms with Crippen LogP contribution in [0.15, 0.2) is 24.4 Å². The standard InChI is InChI=1S/C22H25N7O4/c1-28(20-6-5-15(18(14-30)26-20)13-29-8-3-4-21(29)31)22(32)27-19-10-17(24-7-9-33-2)16(11-23)12-25-19/h5-6,10,12,14H,3-4,7-9,13H2,1-2H3,(H2,24,25,27,32). The molecule has 0 saturated carbocycles. The molecule has 3 amide bonds. The van der Waals surface area contributed by atoms with Crippen LogP contribution in [0.2, 0.25) is 0 Å². The van der Waals surface area contributed by atoms with Gasteiger partial charge in [0.05, 0.1) is 17.9 Å². The summed E-state index contributed by atoms with van der Waals surface area (Å²) in [7, 11) is 3.08. The van der Waals surface area contributed by atoms with Gasteiger partial charge in [-0.15, -0.1) is 0 Å². The zero-order valence-electron chi connectivity index (χ0n) is 18.5. The molecule has 0 spiro atoms. The largest absolute Gasteiger partial charge is 0.383 e. The van der Waals surface area contributed by atoms with Gasteiger partial charge in [-0.3, -0.25) is 19.8 Å². The Kier molecular flexibility index (Phi) is 7.88. The Morgan fingerprint density at radius 2 is 2.24 bits per heavy atom. The summed E-state index contributed by atoms with van der Waals surface area (Å²) in [4.78, 5) is 47.5. The molecule has 33 heavy (non-hydrogen) atoms. The predicted octanol–water partition coefficient (Wildman–Crippen LogP) is 2.01. The molecule has 1 fully saturated rings. The molecule has 0 aromatic carbocycles. The van der Waals surface area contributed by atoms with Crippen LogP contribution >= 0.6 is 0 Å². The number of rotatable bonds is 9. The average Bonchev–Trinajstić information content (AvgIpc) is 3.23. The van der Waals surface area contributed by atoms with Gasteiger partial charge in [0.1, 0.15) is 23.4 Å². The summed E-state index contributed by atoms with van der Waals surface area (Å²) < 4.78 is 4.99. The maximum absolute atomic E-state index is 12.7. The van der Waals surface area contributed by atoms with Gasteiger partial charge in [-0.2, -0.15) is 5.26 Å². The van der Waals surface area contributed by atoms with E-state index in [2.05, 4.69) is 20.6 Å². The summed E-state index contributed by atoms with van der Waals surface area (Å²) >= 11 is 0. The third-order valence-electron chi connectivity index (χ3n) is 5.17. The monoisotopic (exact) mass is 451 g/mol. The molecule has 172 valence electrons. The molecule has 2 N–H and O–H groups in total. The number of carbonyl (C=O) groups is 3. The molecule has 2 aromatic heterocycles. The lowest BCUT2D eigenvalue weighted by molar-refractivity contribution is -0.128. The molecule has 0 atom stereocenters. The van der Waals surface area contributed by atoms with Crippen molar-refractivity contribution in [3.8, 4) is 6.07 Å². The number of nitrogens with zero attached hydrogens (tertiary/aromatic N) is 5. The van der Waals surface area contributed by atoms with Crippen molar-refractivity contribution in [2.24, 2.45) is 0 Å². The Labute approximate surface area is 191 Å². The molecule has 2 aromatic rings. The van der Waals surface area contributed by atoms with Crippen molar-refractivity contribution in [1.82, 2.24) is 14.9 Å². The Morgan fingerprint density at radius 3 is 2.91 bits per heavy atom. The number of aromatic nitrogens is 2. The van der Waals surface area contributed by atoms with Gasteiger partial charge in [-0.25, -0.2) is 14.8 Å². The fourth-order valence-corrected chi connectivity index (χ4v) is 3.34. The summed E-state index contributed by atoms with van der Waals surface area (Å²) in [6.45, 7) is 1.89. The number of aldehydes is 1. The van der Waals surface area contributed by atoms with E-state index in [1.165, 1.54) is 18.1 Å². The van der Waals surface area contributed by atoms with E-state index in [-0.39, 0.29) is 23.2 Å². The fraction of sp³-hybridized carbons (Fsp3) is 0.364. The molecular weight excluding hydrogens is 426 g/mol. The zero-order valence-corrected chi connectivity index (χ0v) is 18.5. The van der Waals surface area contributed by atoms with Gasteiger partial charge in [0, 0.05) is 58.0 Å². The molecule has 11 heteroatoms. The second-order valence-electron chi connectivity index (χ2n) is 7.39. The summed E-state index contributed by atoms with van der Waals surface area (Å²) in [5.74, 6) is 0.558. The van der Waals surface area contributed by atoms with E-state index in [4.69, 9.17) is 4.74 Å². The number of anilines is 3. The molecular formula is C22H25N7O4. The van der Waals surface area contributed by atoms with E-state index >= 15 is 0 Å². The molecule has 0 radical (unpaired) electrons. The first kappa shape index (κ1) is 23.6. The Morgan fingerprint density at radius 1 is 1.42 bits per heavy atom. The van der Waals surface area contributed by atoms with Crippen LogP contribution in [0.5, 0.6) is 0 Å². The average molecular weight is 451 g/mol. The van der Waals surface area contributed by atoms with Crippen molar-refractivity contribution < 1.29 is 19.1 Å². The van der Waals surface area contributed by atoms with Gasteiger partial charge in [-0.1, -0.05) is 6.07 Å². The van der Waals surface area contributed by atoms with Crippen molar-refractivity contribution in [3.63, 3.8) is 0 Å². The zero-order chi connectivity index (χ0) is 23.8. The van der Waals surface area contributed by atoms with E-state index in [0.29, 0.717) is 55.8 Å². The number of amides is 3. The number of pyridine rings is 2. The summed E-state index contributed by atoms with van der Waals surface area (Å²) in [5.41, 5.74) is 1.65. The van der Waals surface area contributed by atoms with Gasteiger partial charge in [-0.05, 0) is 12.5 Å². The highest BCUT2D eigenvalue weighted by atomic mass is 16.5. The predicted molar refractivity (Wildman–Crippen MR) is 121 cm³/mol. The first-order valence-corrected chi connectivity index (χ1v) is 10.4. The summed E-state index contributed by atoms with van der Waals surface area (Å²) in [5, 5.41) is 15.0. The molecule has 1 aliphatic rings. The second kappa shape index (κ2) is 11.0. The van der Waals surface area contributed by atoms with E-state index in [1.807, 2.05) is 6.07 Å². The van der Waals surface area contributed by atoms with Crippen LogP contribution in [0, 0.1) is 11.3 Å². The van der Waals surface area contributed by atoms with Gasteiger partial charge in [0.25, 0.3) is 0 Å². The highest BCUT2D eigenvalue weighted by Gasteiger charge is 2.22. The lowest BCUT2D eigenvalue weighted by atomic mass is 10.2. The number of nitrogens with one attached hydrogen (secondary N) is 2. The molecule has 0 unspecified atom stereocenters. The maximum atomic E-state index is 12.7. The first-order chi connectivity index (χ1) is 16.0. The molecule has 11 nitrogen and oxygen atoms in total. The Hall–Kier alpha value is -4.04. The van der Waals surface area contributed by atoms with Crippen LogP contribution in [0.25, 0.3) is 0 Å². The van der Waals surface area contributed by atoms with Crippen molar-refractivity contribution in [2.75, 3.05) is 49.4 Å². The number of hydrogen-bond acceptors (Lipinski definition) is 8. The van der Waals surface area contributed by atoms with E-state index in [9.17, 15) is 19.6 Å². The van der Waals surface area contributed by atoms with E-state index in [1.54, 1.807) is 30.2 Å². The second-order valence-corrected chi connectivity index (χ2v) is 7.39. The summed E-state index contributed by atoms with van der Waals surface area (Å²) in [6, 6.07) is 6.38. The van der Waals surface area contributed by atoms with Crippen LogP contribution in [0.4, 0.5) is 22.1 Å². The van der Waals surface area contributed by atoms with Crippen LogP contribution in [-0.2, 0) is 16.1 Å².